The molecule has 0 bridgehead atoms. The van der Waals surface area contributed by atoms with Crippen LogP contribution in [0.25, 0.3) is 5.69 Å². The number of nitrogens with one attached hydrogen (secondary N) is 1. The number of para-hydroxylation sites is 1. The van der Waals surface area contributed by atoms with Crippen LogP contribution in [-0.4, -0.2) is 34.1 Å². The molecule has 9 heteroatoms. The van der Waals surface area contributed by atoms with Gasteiger partial charge in [-0.05, 0) is 18.6 Å². The molecule has 1 heterocycles. The van der Waals surface area contributed by atoms with E-state index in [9.17, 15) is 27.9 Å². The highest BCUT2D eigenvalue weighted by atomic mass is 19.4. The largest absolute Gasteiger partial charge is 0.466 e. The lowest BCUT2D eigenvalue weighted by Gasteiger charge is -2.26. The number of alkyl halides is 3. The van der Waals surface area contributed by atoms with Gasteiger partial charge >= 0.3 is 12.1 Å². The van der Waals surface area contributed by atoms with Crippen LogP contribution in [0.1, 0.15) is 18.2 Å². The number of aromatic nitrogens is 2. The fourth-order valence-corrected chi connectivity index (χ4v) is 2.38. The standard InChI is InChI=1S/C15H15F3N2O4/c1-3-10-11(14(23,13(22)24-2)15(16,17)18)12(21)20(19-10)9-7-5-4-6-8-9/h4-8,19,23H,3H2,1-2H3. The molecule has 0 fully saturated rings. The maximum Gasteiger partial charge on any atom is 0.432 e. The predicted molar refractivity (Wildman–Crippen MR) is 77.7 cm³/mol. The molecule has 0 aliphatic carbocycles. The van der Waals surface area contributed by atoms with Crippen molar-refractivity contribution in [3.05, 3.63) is 51.9 Å². The molecule has 2 N–H and O–H groups in total. The average Bonchev–Trinajstić information content (AvgIpc) is 2.90. The number of esters is 1. The van der Waals surface area contributed by atoms with E-state index in [-0.39, 0.29) is 17.8 Å². The molecule has 2 aromatic rings. The normalized spacial score (nSPS) is 14.2. The van der Waals surface area contributed by atoms with E-state index in [1.165, 1.54) is 19.1 Å². The van der Waals surface area contributed by atoms with Crippen LogP contribution >= 0.6 is 0 Å². The van der Waals surface area contributed by atoms with Crippen LogP contribution < -0.4 is 5.56 Å². The topological polar surface area (TPSA) is 84.3 Å². The van der Waals surface area contributed by atoms with Crippen molar-refractivity contribution in [2.24, 2.45) is 0 Å². The van der Waals surface area contributed by atoms with Crippen molar-refractivity contribution in [3.8, 4) is 5.69 Å². The van der Waals surface area contributed by atoms with E-state index in [1.54, 1.807) is 18.2 Å². The Hall–Kier alpha value is -2.55. The number of hydrogen-bond acceptors (Lipinski definition) is 4. The zero-order chi connectivity index (χ0) is 18.1. The van der Waals surface area contributed by atoms with Crippen molar-refractivity contribution >= 4 is 5.97 Å². The fourth-order valence-electron chi connectivity index (χ4n) is 2.38. The average molecular weight is 344 g/mol. The lowest BCUT2D eigenvalue weighted by molar-refractivity contribution is -0.267. The zero-order valence-electron chi connectivity index (χ0n) is 12.8. The molecule has 6 nitrogen and oxygen atoms in total. The Morgan fingerprint density at radius 3 is 2.33 bits per heavy atom. The number of nitrogens with zero attached hydrogens (tertiary/aromatic N) is 1. The number of aromatic amines is 1. The molecule has 0 aliphatic rings. The summed E-state index contributed by atoms with van der Waals surface area (Å²) in [6, 6.07) is 7.83. The van der Waals surface area contributed by atoms with Crippen LogP contribution in [0, 0.1) is 0 Å². The number of carbonyl (C=O) groups is 1. The molecule has 0 saturated carbocycles. The van der Waals surface area contributed by atoms with Crippen LogP contribution in [0.2, 0.25) is 0 Å². The Balaban J connectivity index is 2.80. The number of rotatable bonds is 4. The summed E-state index contributed by atoms with van der Waals surface area (Å²) < 4.78 is 45.2. The number of ether oxygens (including phenoxy) is 1. The van der Waals surface area contributed by atoms with Crippen LogP contribution in [0.4, 0.5) is 13.2 Å². The molecule has 1 unspecified atom stereocenters. The van der Waals surface area contributed by atoms with Crippen molar-refractivity contribution < 1.29 is 27.8 Å². The van der Waals surface area contributed by atoms with Crippen LogP contribution in [-0.2, 0) is 21.6 Å². The molecule has 130 valence electrons. The molecule has 0 saturated heterocycles. The number of aliphatic hydroxyl groups is 1. The molecule has 1 atom stereocenters. The summed E-state index contributed by atoms with van der Waals surface area (Å²) >= 11 is 0. The van der Waals surface area contributed by atoms with E-state index in [4.69, 9.17) is 0 Å². The Kier molecular flexibility index (Phi) is 4.57. The van der Waals surface area contributed by atoms with Crippen LogP contribution in [0.15, 0.2) is 35.1 Å². The molecule has 0 aliphatic heterocycles. The van der Waals surface area contributed by atoms with Crippen molar-refractivity contribution in [3.63, 3.8) is 0 Å². The Morgan fingerprint density at radius 2 is 1.88 bits per heavy atom. The van der Waals surface area contributed by atoms with E-state index in [1.807, 2.05) is 0 Å². The highest BCUT2D eigenvalue weighted by Crippen LogP contribution is 2.40. The summed E-state index contributed by atoms with van der Waals surface area (Å²) in [6.07, 6.45) is -5.47. The van der Waals surface area contributed by atoms with E-state index in [2.05, 4.69) is 9.84 Å². The maximum absolute atomic E-state index is 13.4. The first-order valence-corrected chi connectivity index (χ1v) is 6.95. The first-order valence-electron chi connectivity index (χ1n) is 6.95. The highest BCUT2D eigenvalue weighted by molar-refractivity contribution is 5.82. The second-order valence-corrected chi connectivity index (χ2v) is 4.99. The van der Waals surface area contributed by atoms with E-state index >= 15 is 0 Å². The zero-order valence-corrected chi connectivity index (χ0v) is 12.8. The third-order valence-corrected chi connectivity index (χ3v) is 3.59. The molecule has 2 rings (SSSR count). The quantitative estimate of drug-likeness (QED) is 0.826. The minimum absolute atomic E-state index is 0.0419. The van der Waals surface area contributed by atoms with Gasteiger partial charge in [0, 0.05) is 5.69 Å². The number of H-pyrrole nitrogens is 1. The molecule has 1 aromatic heterocycles. The Bertz CT molecular complexity index is 795. The van der Waals surface area contributed by atoms with E-state index in [0.717, 1.165) is 4.68 Å². The molecular weight excluding hydrogens is 329 g/mol. The molecule has 24 heavy (non-hydrogen) atoms. The molecule has 0 radical (unpaired) electrons. The predicted octanol–water partition coefficient (Wildman–Crippen LogP) is 1.65. The fraction of sp³-hybridized carbons (Fsp3) is 0.333. The number of methoxy groups -OCH3 is 1. The highest BCUT2D eigenvalue weighted by Gasteiger charge is 2.64. The summed E-state index contributed by atoms with van der Waals surface area (Å²) in [7, 11) is 0.701. The van der Waals surface area contributed by atoms with Crippen LogP contribution in [0.5, 0.6) is 0 Å². The van der Waals surface area contributed by atoms with Gasteiger partial charge in [-0.2, -0.15) is 13.2 Å². The Labute approximate surface area is 134 Å². The van der Waals surface area contributed by atoms with Gasteiger partial charge in [0.1, 0.15) is 0 Å². The van der Waals surface area contributed by atoms with Crippen molar-refractivity contribution in [1.29, 1.82) is 0 Å². The minimum Gasteiger partial charge on any atom is -0.466 e. The number of aryl methyl sites for hydroxylation is 1. The monoisotopic (exact) mass is 344 g/mol. The summed E-state index contributed by atoms with van der Waals surface area (Å²) in [6.45, 7) is 1.48. The summed E-state index contributed by atoms with van der Waals surface area (Å²) in [5.41, 5.74) is -6.27. The minimum atomic E-state index is -5.43. The maximum atomic E-state index is 13.4. The second kappa shape index (κ2) is 6.16. The number of halogens is 3. The third-order valence-electron chi connectivity index (χ3n) is 3.59. The van der Waals surface area contributed by atoms with Gasteiger partial charge < -0.3 is 9.84 Å². The number of carbonyl (C=O) groups excluding carboxylic acids is 1. The van der Waals surface area contributed by atoms with Gasteiger partial charge in [0.15, 0.2) is 0 Å². The SMILES string of the molecule is CCc1[nH]n(-c2ccccc2)c(=O)c1C(O)(C(=O)OC)C(F)(F)F. The summed E-state index contributed by atoms with van der Waals surface area (Å²) in [5, 5.41) is 12.6. The van der Waals surface area contributed by atoms with Gasteiger partial charge in [-0.3, -0.25) is 9.89 Å². The lowest BCUT2D eigenvalue weighted by atomic mass is 9.92. The molecule has 0 spiro atoms. The number of hydrogen-bond donors (Lipinski definition) is 2. The molecule has 1 aromatic carbocycles. The second-order valence-electron chi connectivity index (χ2n) is 4.99. The van der Waals surface area contributed by atoms with Crippen molar-refractivity contribution in [2.75, 3.05) is 7.11 Å². The molecule has 0 amide bonds. The summed E-state index contributed by atoms with van der Waals surface area (Å²) in [5.74, 6) is -1.97. The van der Waals surface area contributed by atoms with Gasteiger partial charge in [-0.15, -0.1) is 0 Å². The molecular formula is C15H15F3N2O4. The van der Waals surface area contributed by atoms with E-state index in [0.29, 0.717) is 7.11 Å². The first kappa shape index (κ1) is 17.8. The van der Waals surface area contributed by atoms with Gasteiger partial charge in [-0.1, -0.05) is 25.1 Å². The van der Waals surface area contributed by atoms with Gasteiger partial charge in [-0.25, -0.2) is 9.48 Å². The summed E-state index contributed by atoms with van der Waals surface area (Å²) in [4.78, 5) is 24.2. The van der Waals surface area contributed by atoms with Crippen molar-refractivity contribution in [2.45, 2.75) is 25.1 Å². The van der Waals surface area contributed by atoms with Gasteiger partial charge in [0.2, 0.25) is 0 Å². The van der Waals surface area contributed by atoms with Gasteiger partial charge in [0.25, 0.3) is 11.2 Å². The number of benzene rings is 1. The van der Waals surface area contributed by atoms with Gasteiger partial charge in [0.05, 0.1) is 18.4 Å². The smallest absolute Gasteiger partial charge is 0.432 e. The van der Waals surface area contributed by atoms with E-state index < -0.39 is 28.9 Å². The third kappa shape index (κ3) is 2.60. The Morgan fingerprint density at radius 1 is 1.29 bits per heavy atom. The van der Waals surface area contributed by atoms with Crippen molar-refractivity contribution in [1.82, 2.24) is 9.78 Å². The lowest BCUT2D eigenvalue weighted by Crippen LogP contribution is -2.52. The van der Waals surface area contributed by atoms with Crippen LogP contribution in [0.3, 0.4) is 0 Å². The first-order chi connectivity index (χ1) is 11.2.